The molecule has 0 saturated heterocycles. The zero-order valence-electron chi connectivity index (χ0n) is 14.5. The fraction of sp³-hybridized carbons (Fsp3) is 0.263. The number of benzene rings is 2. The van der Waals surface area contributed by atoms with Crippen LogP contribution in [0.2, 0.25) is 5.02 Å². The van der Waals surface area contributed by atoms with Gasteiger partial charge in [-0.3, -0.25) is 9.59 Å². The second-order valence-corrected chi connectivity index (χ2v) is 6.53. The number of nitrogens with one attached hydrogen (secondary N) is 3. The molecule has 7 heteroatoms. The van der Waals surface area contributed by atoms with Gasteiger partial charge in [0, 0.05) is 17.3 Å². The minimum Gasteiger partial charge on any atom is -0.351 e. The first kappa shape index (κ1) is 19.9. The van der Waals surface area contributed by atoms with Crippen LogP contribution in [0.25, 0.3) is 0 Å². The molecule has 3 N–H and O–H groups in total. The highest BCUT2D eigenvalue weighted by Crippen LogP contribution is 2.12. The normalized spacial score (nSPS) is 11.7. The van der Waals surface area contributed by atoms with Crippen LogP contribution in [-0.4, -0.2) is 38.5 Å². The third kappa shape index (κ3) is 7.21. The second kappa shape index (κ2) is 9.89. The maximum atomic E-state index is 12.8. The lowest BCUT2D eigenvalue weighted by Crippen LogP contribution is -3.11. The third-order valence-electron chi connectivity index (χ3n) is 3.70. The van der Waals surface area contributed by atoms with E-state index in [1.165, 1.54) is 12.1 Å². The summed E-state index contributed by atoms with van der Waals surface area (Å²) in [6, 6.07) is 13.0. The molecule has 0 aliphatic rings. The highest BCUT2D eigenvalue weighted by molar-refractivity contribution is 6.30. The number of quaternary nitrogens is 1. The Bertz CT molecular complexity index is 735. The molecule has 0 bridgehead atoms. The highest BCUT2D eigenvalue weighted by Gasteiger charge is 2.14. The lowest BCUT2D eigenvalue weighted by Gasteiger charge is -2.14. The first-order chi connectivity index (χ1) is 12.4. The van der Waals surface area contributed by atoms with Crippen molar-refractivity contribution in [2.75, 3.05) is 32.0 Å². The molecule has 2 amide bonds. The maximum Gasteiger partial charge on any atom is 0.279 e. The Morgan fingerprint density at radius 1 is 1.00 bits per heavy atom. The zero-order valence-corrected chi connectivity index (χ0v) is 15.3. The van der Waals surface area contributed by atoms with Gasteiger partial charge in [-0.2, -0.15) is 0 Å². The van der Waals surface area contributed by atoms with E-state index in [2.05, 4.69) is 10.6 Å². The van der Waals surface area contributed by atoms with Crippen LogP contribution >= 0.6 is 11.6 Å². The lowest BCUT2D eigenvalue weighted by atomic mass is 10.1. The van der Waals surface area contributed by atoms with Crippen molar-refractivity contribution in [2.45, 2.75) is 6.42 Å². The van der Waals surface area contributed by atoms with E-state index < -0.39 is 0 Å². The van der Waals surface area contributed by atoms with Crippen LogP contribution in [0.1, 0.15) is 5.56 Å². The van der Waals surface area contributed by atoms with E-state index in [1.807, 2.05) is 0 Å². The number of carbonyl (C=O) groups is 2. The summed E-state index contributed by atoms with van der Waals surface area (Å²) in [6.45, 7) is 0.834. The highest BCUT2D eigenvalue weighted by atomic mass is 35.5. The summed E-state index contributed by atoms with van der Waals surface area (Å²) in [4.78, 5) is 24.7. The number of carbonyl (C=O) groups excluding carboxylic acids is 2. The number of hydrogen-bond donors (Lipinski definition) is 3. The van der Waals surface area contributed by atoms with Gasteiger partial charge in [0.05, 0.1) is 7.05 Å². The SMILES string of the molecule is C[NH+](CC(=O)NCCc1ccc(F)cc1)CC(=O)Nc1ccc(Cl)cc1. The van der Waals surface area contributed by atoms with Gasteiger partial charge in [0.2, 0.25) is 0 Å². The predicted molar refractivity (Wildman–Crippen MR) is 99.8 cm³/mol. The van der Waals surface area contributed by atoms with Crippen molar-refractivity contribution in [3.63, 3.8) is 0 Å². The summed E-state index contributed by atoms with van der Waals surface area (Å²) in [7, 11) is 1.78. The number of anilines is 1. The molecule has 0 spiro atoms. The smallest absolute Gasteiger partial charge is 0.279 e. The summed E-state index contributed by atoms with van der Waals surface area (Å²) in [5.41, 5.74) is 1.62. The minimum absolute atomic E-state index is 0.135. The van der Waals surface area contributed by atoms with Gasteiger partial charge < -0.3 is 15.5 Å². The summed E-state index contributed by atoms with van der Waals surface area (Å²) in [5.74, 6) is -0.590. The van der Waals surface area contributed by atoms with Crippen LogP contribution in [-0.2, 0) is 16.0 Å². The quantitative estimate of drug-likeness (QED) is 0.648. The Morgan fingerprint density at radius 2 is 1.62 bits per heavy atom. The van der Waals surface area contributed by atoms with Crippen molar-refractivity contribution >= 4 is 29.1 Å². The van der Waals surface area contributed by atoms with E-state index in [0.717, 1.165) is 10.5 Å². The molecule has 1 unspecified atom stereocenters. The van der Waals surface area contributed by atoms with Crippen LogP contribution in [0.5, 0.6) is 0 Å². The van der Waals surface area contributed by atoms with E-state index in [1.54, 1.807) is 43.4 Å². The second-order valence-electron chi connectivity index (χ2n) is 6.09. The van der Waals surface area contributed by atoms with E-state index >= 15 is 0 Å². The Hall–Kier alpha value is -2.44. The monoisotopic (exact) mass is 378 g/mol. The molecule has 0 aromatic heterocycles. The third-order valence-corrected chi connectivity index (χ3v) is 3.95. The van der Waals surface area contributed by atoms with Crippen LogP contribution in [0.3, 0.4) is 0 Å². The fourth-order valence-electron chi connectivity index (χ4n) is 2.41. The van der Waals surface area contributed by atoms with Gasteiger partial charge in [0.15, 0.2) is 13.1 Å². The van der Waals surface area contributed by atoms with Crippen molar-refractivity contribution in [1.29, 1.82) is 0 Å². The minimum atomic E-state index is -0.278. The molecule has 0 aliphatic heterocycles. The molecule has 1 atom stereocenters. The molecule has 0 saturated carbocycles. The summed E-state index contributed by atoms with van der Waals surface area (Å²) < 4.78 is 12.8. The van der Waals surface area contributed by atoms with Gasteiger partial charge in [-0.25, -0.2) is 4.39 Å². The first-order valence-electron chi connectivity index (χ1n) is 8.30. The van der Waals surface area contributed by atoms with Gasteiger partial charge in [-0.1, -0.05) is 23.7 Å². The Labute approximate surface area is 157 Å². The molecule has 2 rings (SSSR count). The van der Waals surface area contributed by atoms with Crippen molar-refractivity contribution < 1.29 is 18.9 Å². The van der Waals surface area contributed by atoms with Crippen LogP contribution < -0.4 is 15.5 Å². The van der Waals surface area contributed by atoms with Crippen molar-refractivity contribution in [3.8, 4) is 0 Å². The number of rotatable bonds is 8. The van der Waals surface area contributed by atoms with Gasteiger partial charge >= 0.3 is 0 Å². The van der Waals surface area contributed by atoms with Gasteiger partial charge in [0.1, 0.15) is 5.82 Å². The topological polar surface area (TPSA) is 62.6 Å². The standard InChI is InChI=1S/C19H21ClFN3O2/c1-24(13-19(26)23-17-8-4-15(20)5-9-17)12-18(25)22-11-10-14-2-6-16(21)7-3-14/h2-9H,10-13H2,1H3,(H,22,25)(H,23,26)/p+1. The van der Waals surface area contributed by atoms with Gasteiger partial charge in [-0.15, -0.1) is 0 Å². The number of hydrogen-bond acceptors (Lipinski definition) is 2. The van der Waals surface area contributed by atoms with Crippen molar-refractivity contribution in [1.82, 2.24) is 5.32 Å². The molecule has 2 aromatic rings. The van der Waals surface area contributed by atoms with Crippen molar-refractivity contribution in [3.05, 3.63) is 64.9 Å². The Balaban J connectivity index is 1.66. The van der Waals surface area contributed by atoms with E-state index in [-0.39, 0.29) is 30.7 Å². The first-order valence-corrected chi connectivity index (χ1v) is 8.68. The largest absolute Gasteiger partial charge is 0.351 e. The van der Waals surface area contributed by atoms with Crippen molar-refractivity contribution in [2.24, 2.45) is 0 Å². The van der Waals surface area contributed by atoms with Crippen LogP contribution in [0.4, 0.5) is 10.1 Å². The molecule has 138 valence electrons. The summed E-state index contributed by atoms with van der Waals surface area (Å²) in [5, 5.41) is 6.17. The van der Waals surface area contributed by atoms with Crippen LogP contribution in [0, 0.1) is 5.82 Å². The van der Waals surface area contributed by atoms with E-state index in [4.69, 9.17) is 11.6 Å². The molecular weight excluding hydrogens is 357 g/mol. The average molecular weight is 379 g/mol. The van der Waals surface area contributed by atoms with E-state index in [9.17, 15) is 14.0 Å². The Morgan fingerprint density at radius 3 is 2.27 bits per heavy atom. The number of amides is 2. The van der Waals surface area contributed by atoms with E-state index in [0.29, 0.717) is 23.7 Å². The molecule has 0 aliphatic carbocycles. The summed E-state index contributed by atoms with van der Waals surface area (Å²) in [6.07, 6.45) is 0.627. The molecule has 0 heterocycles. The van der Waals surface area contributed by atoms with Crippen LogP contribution in [0.15, 0.2) is 48.5 Å². The fourth-order valence-corrected chi connectivity index (χ4v) is 2.53. The maximum absolute atomic E-state index is 12.8. The lowest BCUT2D eigenvalue weighted by molar-refractivity contribution is -0.862. The molecule has 5 nitrogen and oxygen atoms in total. The zero-order chi connectivity index (χ0) is 18.9. The number of likely N-dealkylation sites (N-methyl/N-ethyl adjacent to an activating group) is 1. The summed E-state index contributed by atoms with van der Waals surface area (Å²) >= 11 is 5.80. The molecule has 0 fully saturated rings. The van der Waals surface area contributed by atoms with Gasteiger partial charge in [0.25, 0.3) is 11.8 Å². The molecular formula is C19H22ClFN3O2+. The Kier molecular flexibility index (Phi) is 7.56. The number of halogens is 2. The molecule has 2 aromatic carbocycles. The predicted octanol–water partition coefficient (Wildman–Crippen LogP) is 1.29. The van der Waals surface area contributed by atoms with Gasteiger partial charge in [-0.05, 0) is 48.4 Å². The average Bonchev–Trinajstić information content (AvgIpc) is 2.58. The molecule has 26 heavy (non-hydrogen) atoms. The molecule has 0 radical (unpaired) electrons.